The number of amides is 1. The quantitative estimate of drug-likeness (QED) is 0.760. The van der Waals surface area contributed by atoms with Gasteiger partial charge in [0.05, 0.1) is 0 Å². The first-order valence-electron chi connectivity index (χ1n) is 5.22. The molecule has 0 saturated heterocycles. The van der Waals surface area contributed by atoms with Crippen LogP contribution >= 0.6 is 15.9 Å². The Hall–Kier alpha value is -0.0500. The van der Waals surface area contributed by atoms with E-state index in [4.69, 9.17) is 0 Å². The van der Waals surface area contributed by atoms with E-state index in [0.29, 0.717) is 5.92 Å². The van der Waals surface area contributed by atoms with Gasteiger partial charge in [0, 0.05) is 16.8 Å². The van der Waals surface area contributed by atoms with Gasteiger partial charge in [-0.1, -0.05) is 43.6 Å². The van der Waals surface area contributed by atoms with E-state index in [9.17, 15) is 4.79 Å². The van der Waals surface area contributed by atoms with E-state index in [1.54, 1.807) is 0 Å². The zero-order chi connectivity index (χ0) is 11.4. The van der Waals surface area contributed by atoms with Crippen LogP contribution in [0.2, 0.25) is 0 Å². The molecule has 1 amide bonds. The van der Waals surface area contributed by atoms with Crippen LogP contribution in [0.3, 0.4) is 0 Å². The predicted octanol–water partition coefficient (Wildman–Crippen LogP) is 2.96. The lowest BCUT2D eigenvalue weighted by Crippen LogP contribution is -2.44. The molecule has 0 saturated carbocycles. The molecule has 2 nitrogen and oxygen atoms in total. The van der Waals surface area contributed by atoms with E-state index >= 15 is 0 Å². The van der Waals surface area contributed by atoms with Crippen molar-refractivity contribution in [3.63, 3.8) is 0 Å². The van der Waals surface area contributed by atoms with Crippen LogP contribution in [0.4, 0.5) is 0 Å². The summed E-state index contributed by atoms with van der Waals surface area (Å²) in [6.45, 7) is 10.2. The molecule has 0 bridgehead atoms. The highest BCUT2D eigenvalue weighted by Gasteiger charge is 2.27. The second kappa shape index (κ2) is 5.74. The second-order valence-electron chi connectivity index (χ2n) is 4.63. The number of hydrogen-bond donors (Lipinski definition) is 1. The molecule has 2 unspecified atom stereocenters. The standard InChI is InChI=1S/C11H22BrNO/c1-6-11(4,5)10(14)13-9(3)8(2)7-12/h8-9H,6-7H2,1-5H3,(H,13,14). The molecule has 3 heteroatoms. The maximum Gasteiger partial charge on any atom is 0.225 e. The van der Waals surface area contributed by atoms with Crippen molar-refractivity contribution in [1.82, 2.24) is 5.32 Å². The highest BCUT2D eigenvalue weighted by molar-refractivity contribution is 9.09. The van der Waals surface area contributed by atoms with E-state index in [2.05, 4.69) is 35.1 Å². The van der Waals surface area contributed by atoms with E-state index in [1.807, 2.05) is 20.8 Å². The minimum Gasteiger partial charge on any atom is -0.353 e. The van der Waals surface area contributed by atoms with Crippen molar-refractivity contribution in [2.45, 2.75) is 47.1 Å². The summed E-state index contributed by atoms with van der Waals surface area (Å²) in [6, 6.07) is 0.229. The fourth-order valence-electron chi connectivity index (χ4n) is 0.839. The Morgan fingerprint density at radius 3 is 2.29 bits per heavy atom. The van der Waals surface area contributed by atoms with Crippen LogP contribution in [-0.4, -0.2) is 17.3 Å². The van der Waals surface area contributed by atoms with E-state index in [1.165, 1.54) is 0 Å². The lowest BCUT2D eigenvalue weighted by molar-refractivity contribution is -0.130. The molecule has 0 spiro atoms. The van der Waals surface area contributed by atoms with Crippen LogP contribution in [0, 0.1) is 11.3 Å². The topological polar surface area (TPSA) is 29.1 Å². The Morgan fingerprint density at radius 1 is 1.43 bits per heavy atom. The predicted molar refractivity (Wildman–Crippen MR) is 64.6 cm³/mol. The van der Waals surface area contributed by atoms with E-state index in [0.717, 1.165) is 11.8 Å². The normalized spacial score (nSPS) is 16.1. The monoisotopic (exact) mass is 263 g/mol. The Morgan fingerprint density at radius 2 is 1.93 bits per heavy atom. The Labute approximate surface area is 96.0 Å². The highest BCUT2D eigenvalue weighted by atomic mass is 79.9. The smallest absolute Gasteiger partial charge is 0.225 e. The van der Waals surface area contributed by atoms with Crippen molar-refractivity contribution >= 4 is 21.8 Å². The van der Waals surface area contributed by atoms with Crippen LogP contribution in [0.5, 0.6) is 0 Å². The summed E-state index contributed by atoms with van der Waals surface area (Å²) in [6.07, 6.45) is 0.869. The van der Waals surface area contributed by atoms with Gasteiger partial charge in [-0.3, -0.25) is 4.79 Å². The average molecular weight is 264 g/mol. The maximum absolute atomic E-state index is 11.8. The van der Waals surface area contributed by atoms with Gasteiger partial charge in [-0.15, -0.1) is 0 Å². The fourth-order valence-corrected chi connectivity index (χ4v) is 1.40. The van der Waals surface area contributed by atoms with E-state index < -0.39 is 0 Å². The average Bonchev–Trinajstić information content (AvgIpc) is 2.16. The zero-order valence-corrected chi connectivity index (χ0v) is 11.4. The van der Waals surface area contributed by atoms with Crippen molar-refractivity contribution in [2.24, 2.45) is 11.3 Å². The van der Waals surface area contributed by atoms with Gasteiger partial charge in [0.25, 0.3) is 0 Å². The summed E-state index contributed by atoms with van der Waals surface area (Å²) in [5, 5.41) is 3.97. The van der Waals surface area contributed by atoms with Crippen molar-refractivity contribution in [2.75, 3.05) is 5.33 Å². The first kappa shape index (κ1) is 13.9. The summed E-state index contributed by atoms with van der Waals surface area (Å²) >= 11 is 3.42. The molecule has 0 aromatic carbocycles. The molecule has 14 heavy (non-hydrogen) atoms. The van der Waals surface area contributed by atoms with Crippen molar-refractivity contribution in [3.8, 4) is 0 Å². The SMILES string of the molecule is CCC(C)(C)C(=O)NC(C)C(C)CBr. The molecule has 0 fully saturated rings. The molecule has 0 heterocycles. The number of carbonyl (C=O) groups is 1. The Balaban J connectivity index is 4.19. The van der Waals surface area contributed by atoms with Crippen LogP contribution in [0.25, 0.3) is 0 Å². The molecule has 0 rings (SSSR count). The maximum atomic E-state index is 11.8. The third-order valence-corrected chi connectivity index (χ3v) is 3.98. The summed E-state index contributed by atoms with van der Waals surface area (Å²) in [7, 11) is 0. The summed E-state index contributed by atoms with van der Waals surface area (Å²) in [5.74, 6) is 0.618. The molecule has 0 aliphatic carbocycles. The number of halogens is 1. The third-order valence-electron chi connectivity index (χ3n) is 2.95. The molecule has 0 aromatic rings. The number of rotatable bonds is 5. The van der Waals surface area contributed by atoms with Gasteiger partial charge in [-0.25, -0.2) is 0 Å². The van der Waals surface area contributed by atoms with Gasteiger partial charge in [0.15, 0.2) is 0 Å². The lowest BCUT2D eigenvalue weighted by Gasteiger charge is -2.26. The number of nitrogens with one attached hydrogen (secondary N) is 1. The summed E-state index contributed by atoms with van der Waals surface area (Å²) in [5.41, 5.74) is -0.250. The van der Waals surface area contributed by atoms with E-state index in [-0.39, 0.29) is 17.4 Å². The van der Waals surface area contributed by atoms with Gasteiger partial charge in [-0.05, 0) is 19.3 Å². The van der Waals surface area contributed by atoms with Crippen LogP contribution < -0.4 is 5.32 Å². The van der Waals surface area contributed by atoms with Gasteiger partial charge >= 0.3 is 0 Å². The molecule has 0 aliphatic rings. The summed E-state index contributed by atoms with van der Waals surface area (Å²) < 4.78 is 0. The first-order chi connectivity index (χ1) is 6.35. The first-order valence-corrected chi connectivity index (χ1v) is 6.34. The van der Waals surface area contributed by atoms with Crippen molar-refractivity contribution < 1.29 is 4.79 Å². The number of hydrogen-bond acceptors (Lipinski definition) is 1. The molecule has 0 radical (unpaired) electrons. The number of carbonyl (C=O) groups excluding carboxylic acids is 1. The zero-order valence-electron chi connectivity index (χ0n) is 9.86. The molecular formula is C11H22BrNO. The van der Waals surface area contributed by atoms with Gasteiger partial charge in [0.1, 0.15) is 0 Å². The Bertz CT molecular complexity index is 192. The largest absolute Gasteiger partial charge is 0.353 e. The van der Waals surface area contributed by atoms with Crippen LogP contribution in [0.1, 0.15) is 41.0 Å². The third kappa shape index (κ3) is 3.99. The number of alkyl halides is 1. The molecule has 0 aromatic heterocycles. The summed E-state index contributed by atoms with van der Waals surface area (Å²) in [4.78, 5) is 11.8. The molecule has 2 atom stereocenters. The van der Waals surface area contributed by atoms with Crippen LogP contribution in [-0.2, 0) is 4.79 Å². The molecule has 1 N–H and O–H groups in total. The highest BCUT2D eigenvalue weighted by Crippen LogP contribution is 2.20. The minimum absolute atomic E-state index is 0.153. The van der Waals surface area contributed by atoms with Gasteiger partial charge in [0.2, 0.25) is 5.91 Å². The molecular weight excluding hydrogens is 242 g/mol. The van der Waals surface area contributed by atoms with Crippen molar-refractivity contribution in [3.05, 3.63) is 0 Å². The molecule has 0 aliphatic heterocycles. The lowest BCUT2D eigenvalue weighted by atomic mass is 9.88. The van der Waals surface area contributed by atoms with Gasteiger partial charge in [-0.2, -0.15) is 0 Å². The molecule has 84 valence electrons. The van der Waals surface area contributed by atoms with Crippen LogP contribution in [0.15, 0.2) is 0 Å². The van der Waals surface area contributed by atoms with Crippen molar-refractivity contribution in [1.29, 1.82) is 0 Å². The fraction of sp³-hybridized carbons (Fsp3) is 0.909. The Kier molecular flexibility index (Phi) is 5.72. The minimum atomic E-state index is -0.250. The van der Waals surface area contributed by atoms with Gasteiger partial charge < -0.3 is 5.32 Å². The second-order valence-corrected chi connectivity index (χ2v) is 5.28.